The number of nitrogens with zero attached hydrogens (tertiary/aromatic N) is 1. The number of sulfonamides is 1. The van der Waals surface area contributed by atoms with E-state index in [-0.39, 0.29) is 6.04 Å². The van der Waals surface area contributed by atoms with Crippen LogP contribution in [0.1, 0.15) is 50.2 Å². The van der Waals surface area contributed by atoms with Gasteiger partial charge in [-0.3, -0.25) is 0 Å². The van der Waals surface area contributed by atoms with Gasteiger partial charge in [0.2, 0.25) is 10.0 Å². The van der Waals surface area contributed by atoms with Crippen LogP contribution in [0.5, 0.6) is 5.75 Å². The molecule has 0 heterocycles. The van der Waals surface area contributed by atoms with Crippen molar-refractivity contribution in [3.8, 4) is 5.75 Å². The van der Waals surface area contributed by atoms with Gasteiger partial charge in [-0.15, -0.1) is 0 Å². The average Bonchev–Trinajstić information content (AvgIpc) is 2.51. The van der Waals surface area contributed by atoms with Crippen molar-refractivity contribution >= 4 is 10.0 Å². The Hall–Kier alpha value is -1.07. The molecule has 124 valence electrons. The molecule has 0 spiro atoms. The molecule has 1 fully saturated rings. The Kier molecular flexibility index (Phi) is 5.50. The van der Waals surface area contributed by atoms with Gasteiger partial charge in [-0.1, -0.05) is 26.2 Å². The van der Waals surface area contributed by atoms with Crippen molar-refractivity contribution in [2.24, 2.45) is 0 Å². The smallest absolute Gasteiger partial charge is 0.247 e. The molecule has 0 bridgehead atoms. The van der Waals surface area contributed by atoms with Crippen molar-refractivity contribution < 1.29 is 13.2 Å². The lowest BCUT2D eigenvalue weighted by molar-refractivity contribution is 0.260. The Balaban J connectivity index is 2.45. The summed E-state index contributed by atoms with van der Waals surface area (Å²) in [5.41, 5.74) is 2.01. The van der Waals surface area contributed by atoms with E-state index in [2.05, 4.69) is 0 Å². The standard InChI is InChI=1S/C17H27NO3S/c1-5-18(15-9-7-6-8-10-15)22(19,20)17-12-14(3)13(2)11-16(17)21-4/h11-12,15H,5-10H2,1-4H3. The molecule has 0 aliphatic heterocycles. The lowest BCUT2D eigenvalue weighted by Gasteiger charge is -2.33. The van der Waals surface area contributed by atoms with E-state index in [4.69, 9.17) is 4.74 Å². The van der Waals surface area contributed by atoms with E-state index in [9.17, 15) is 8.42 Å². The Labute approximate surface area is 134 Å². The van der Waals surface area contributed by atoms with Gasteiger partial charge < -0.3 is 4.74 Å². The summed E-state index contributed by atoms with van der Waals surface area (Å²) < 4.78 is 33.3. The fourth-order valence-electron chi connectivity index (χ4n) is 3.24. The number of rotatable bonds is 5. The zero-order valence-corrected chi connectivity index (χ0v) is 14.9. The molecule has 1 aromatic rings. The zero-order valence-electron chi connectivity index (χ0n) is 14.1. The van der Waals surface area contributed by atoms with Crippen LogP contribution in [0.4, 0.5) is 0 Å². The first-order valence-electron chi connectivity index (χ1n) is 8.09. The van der Waals surface area contributed by atoms with Gasteiger partial charge in [-0.25, -0.2) is 8.42 Å². The maximum atomic E-state index is 13.2. The number of benzene rings is 1. The molecule has 0 unspecified atom stereocenters. The molecule has 0 amide bonds. The van der Waals surface area contributed by atoms with Crippen molar-refractivity contribution in [2.75, 3.05) is 13.7 Å². The molecule has 1 saturated carbocycles. The summed E-state index contributed by atoms with van der Waals surface area (Å²) in [4.78, 5) is 0.297. The second-order valence-corrected chi connectivity index (χ2v) is 7.95. The molecule has 22 heavy (non-hydrogen) atoms. The minimum atomic E-state index is -3.52. The fourth-order valence-corrected chi connectivity index (χ4v) is 5.16. The molecule has 0 N–H and O–H groups in total. The number of hydrogen-bond acceptors (Lipinski definition) is 3. The maximum absolute atomic E-state index is 13.2. The summed E-state index contributed by atoms with van der Waals surface area (Å²) in [7, 11) is -2.00. The first kappa shape index (κ1) is 17.3. The Morgan fingerprint density at radius 2 is 1.73 bits per heavy atom. The van der Waals surface area contributed by atoms with Gasteiger partial charge in [0, 0.05) is 12.6 Å². The second-order valence-electron chi connectivity index (χ2n) is 6.09. The normalized spacial score (nSPS) is 17.0. The maximum Gasteiger partial charge on any atom is 0.247 e. The van der Waals surface area contributed by atoms with Gasteiger partial charge in [0.25, 0.3) is 0 Å². The molecular weight excluding hydrogens is 298 g/mol. The molecule has 0 atom stereocenters. The first-order chi connectivity index (χ1) is 10.4. The SMILES string of the molecule is CCN(C1CCCCC1)S(=O)(=O)c1cc(C)c(C)cc1OC. The monoisotopic (exact) mass is 325 g/mol. The molecule has 0 aromatic heterocycles. The number of ether oxygens (including phenoxy) is 1. The van der Waals surface area contributed by atoms with E-state index in [1.54, 1.807) is 10.4 Å². The van der Waals surface area contributed by atoms with Crippen molar-refractivity contribution in [3.05, 3.63) is 23.3 Å². The zero-order chi connectivity index (χ0) is 16.3. The highest BCUT2D eigenvalue weighted by molar-refractivity contribution is 7.89. The van der Waals surface area contributed by atoms with Crippen LogP contribution >= 0.6 is 0 Å². The van der Waals surface area contributed by atoms with Gasteiger partial charge in [-0.05, 0) is 49.9 Å². The number of methoxy groups -OCH3 is 1. The minimum Gasteiger partial charge on any atom is -0.495 e. The largest absolute Gasteiger partial charge is 0.495 e. The van der Waals surface area contributed by atoms with Crippen LogP contribution in [0.3, 0.4) is 0 Å². The third-order valence-corrected chi connectivity index (χ3v) is 6.71. The highest BCUT2D eigenvalue weighted by atomic mass is 32.2. The van der Waals surface area contributed by atoms with Crippen LogP contribution in [-0.2, 0) is 10.0 Å². The lowest BCUT2D eigenvalue weighted by Crippen LogP contribution is -2.41. The van der Waals surface area contributed by atoms with Crippen molar-refractivity contribution in [2.45, 2.75) is 63.8 Å². The van der Waals surface area contributed by atoms with E-state index in [1.807, 2.05) is 26.8 Å². The third kappa shape index (κ3) is 3.30. The molecule has 1 aliphatic rings. The molecule has 0 saturated heterocycles. The lowest BCUT2D eigenvalue weighted by atomic mass is 9.95. The predicted octanol–water partition coefficient (Wildman–Crippen LogP) is 3.66. The van der Waals surface area contributed by atoms with Crippen LogP contribution in [0.15, 0.2) is 17.0 Å². The summed E-state index contributed by atoms with van der Waals surface area (Å²) in [6.07, 6.45) is 5.35. The van der Waals surface area contributed by atoms with Gasteiger partial charge in [0.05, 0.1) is 7.11 Å². The van der Waals surface area contributed by atoms with Crippen molar-refractivity contribution in [1.29, 1.82) is 0 Å². The molecule has 5 heteroatoms. The minimum absolute atomic E-state index is 0.120. The van der Waals surface area contributed by atoms with E-state index >= 15 is 0 Å². The van der Waals surface area contributed by atoms with Crippen LogP contribution in [0.2, 0.25) is 0 Å². The van der Waals surface area contributed by atoms with Gasteiger partial charge in [0.15, 0.2) is 0 Å². The van der Waals surface area contributed by atoms with Crippen LogP contribution in [0, 0.1) is 13.8 Å². The second kappa shape index (κ2) is 7.01. The van der Waals surface area contributed by atoms with Crippen LogP contribution < -0.4 is 4.74 Å². The van der Waals surface area contributed by atoms with E-state index in [1.165, 1.54) is 13.5 Å². The quantitative estimate of drug-likeness (QED) is 0.830. The van der Waals surface area contributed by atoms with Gasteiger partial charge in [0.1, 0.15) is 10.6 Å². The summed E-state index contributed by atoms with van der Waals surface area (Å²) in [6, 6.07) is 3.68. The predicted molar refractivity (Wildman–Crippen MR) is 88.9 cm³/mol. The number of hydrogen-bond donors (Lipinski definition) is 0. The van der Waals surface area contributed by atoms with Crippen LogP contribution in [-0.4, -0.2) is 32.4 Å². The summed E-state index contributed by atoms with van der Waals surface area (Å²) in [6.45, 7) is 6.32. The Morgan fingerprint density at radius 3 is 2.27 bits per heavy atom. The topological polar surface area (TPSA) is 46.6 Å². The number of aryl methyl sites for hydroxylation is 2. The molecular formula is C17H27NO3S. The molecule has 1 aromatic carbocycles. The molecule has 0 radical (unpaired) electrons. The summed E-state index contributed by atoms with van der Waals surface area (Å²) >= 11 is 0. The molecule has 2 rings (SSSR count). The highest BCUT2D eigenvalue weighted by Crippen LogP contribution is 2.33. The van der Waals surface area contributed by atoms with Gasteiger partial charge in [-0.2, -0.15) is 4.31 Å². The van der Waals surface area contributed by atoms with Gasteiger partial charge >= 0.3 is 0 Å². The molecule has 1 aliphatic carbocycles. The van der Waals surface area contributed by atoms with Crippen LogP contribution in [0.25, 0.3) is 0 Å². The Bertz CT molecular complexity index is 619. The van der Waals surface area contributed by atoms with E-state index in [0.29, 0.717) is 17.2 Å². The third-order valence-electron chi connectivity index (χ3n) is 4.66. The van der Waals surface area contributed by atoms with E-state index < -0.39 is 10.0 Å². The first-order valence-corrected chi connectivity index (χ1v) is 9.53. The summed E-state index contributed by atoms with van der Waals surface area (Å²) in [5.74, 6) is 0.442. The van der Waals surface area contributed by atoms with Crippen molar-refractivity contribution in [3.63, 3.8) is 0 Å². The van der Waals surface area contributed by atoms with E-state index in [0.717, 1.165) is 36.8 Å². The fraction of sp³-hybridized carbons (Fsp3) is 0.647. The average molecular weight is 325 g/mol. The molecule has 4 nitrogen and oxygen atoms in total. The highest BCUT2D eigenvalue weighted by Gasteiger charge is 2.33. The Morgan fingerprint density at radius 1 is 1.14 bits per heavy atom. The van der Waals surface area contributed by atoms with Crippen molar-refractivity contribution in [1.82, 2.24) is 4.31 Å². The summed E-state index contributed by atoms with van der Waals surface area (Å²) in [5, 5.41) is 0.